The molecule has 0 amide bonds. The molecule has 1 saturated heterocycles. The molecule has 1 fully saturated rings. The van der Waals surface area contributed by atoms with E-state index >= 15 is 0 Å². The minimum absolute atomic E-state index is 0.635. The van der Waals surface area contributed by atoms with Crippen LogP contribution >= 0.6 is 0 Å². The van der Waals surface area contributed by atoms with Gasteiger partial charge in [-0.3, -0.25) is 4.90 Å². The number of aromatic nitrogens is 2. The van der Waals surface area contributed by atoms with Gasteiger partial charge in [-0.1, -0.05) is 19.1 Å². The van der Waals surface area contributed by atoms with Crippen LogP contribution in [0, 0.1) is 0 Å². The third-order valence-corrected chi connectivity index (χ3v) is 4.34. The van der Waals surface area contributed by atoms with Gasteiger partial charge >= 0.3 is 0 Å². The SMILES string of the molecule is CCc1nnc(CN2CCC(c3ccc(OC)cc3)CC2)o1. The summed E-state index contributed by atoms with van der Waals surface area (Å²) in [6.07, 6.45) is 3.13. The Morgan fingerprint density at radius 3 is 2.41 bits per heavy atom. The molecule has 1 aliphatic heterocycles. The zero-order valence-electron chi connectivity index (χ0n) is 13.3. The Morgan fingerprint density at radius 2 is 1.82 bits per heavy atom. The minimum Gasteiger partial charge on any atom is -0.497 e. The fourth-order valence-corrected chi connectivity index (χ4v) is 2.99. The van der Waals surface area contributed by atoms with Crippen LogP contribution < -0.4 is 4.74 Å². The number of ether oxygens (including phenoxy) is 1. The van der Waals surface area contributed by atoms with Crippen molar-refractivity contribution in [3.63, 3.8) is 0 Å². The molecular formula is C17H23N3O2. The van der Waals surface area contributed by atoms with Crippen LogP contribution in [0.15, 0.2) is 28.7 Å². The van der Waals surface area contributed by atoms with Crippen molar-refractivity contribution in [2.24, 2.45) is 0 Å². The second-order valence-corrected chi connectivity index (χ2v) is 5.77. The minimum atomic E-state index is 0.635. The monoisotopic (exact) mass is 301 g/mol. The van der Waals surface area contributed by atoms with Crippen LogP contribution in [0.3, 0.4) is 0 Å². The number of methoxy groups -OCH3 is 1. The van der Waals surface area contributed by atoms with E-state index in [-0.39, 0.29) is 0 Å². The van der Waals surface area contributed by atoms with Crippen LogP contribution in [-0.4, -0.2) is 35.3 Å². The highest BCUT2D eigenvalue weighted by molar-refractivity contribution is 5.29. The first kappa shape index (κ1) is 15.0. The molecule has 0 bridgehead atoms. The van der Waals surface area contributed by atoms with E-state index in [1.807, 2.05) is 19.1 Å². The summed E-state index contributed by atoms with van der Waals surface area (Å²) in [5.41, 5.74) is 1.41. The highest BCUT2D eigenvalue weighted by atomic mass is 16.5. The Kier molecular flexibility index (Phi) is 4.73. The molecule has 5 nitrogen and oxygen atoms in total. The predicted octanol–water partition coefficient (Wildman–Crippen LogP) is 3.02. The van der Waals surface area contributed by atoms with Crippen LogP contribution in [-0.2, 0) is 13.0 Å². The number of piperidine rings is 1. The summed E-state index contributed by atoms with van der Waals surface area (Å²) in [4.78, 5) is 2.40. The highest BCUT2D eigenvalue weighted by Gasteiger charge is 2.22. The third kappa shape index (κ3) is 3.47. The van der Waals surface area contributed by atoms with Gasteiger partial charge in [0.15, 0.2) is 0 Å². The molecule has 22 heavy (non-hydrogen) atoms. The van der Waals surface area contributed by atoms with E-state index in [1.165, 1.54) is 18.4 Å². The molecule has 1 aromatic heterocycles. The summed E-state index contributed by atoms with van der Waals surface area (Å²) in [5, 5.41) is 8.13. The van der Waals surface area contributed by atoms with Crippen molar-refractivity contribution in [2.75, 3.05) is 20.2 Å². The second-order valence-electron chi connectivity index (χ2n) is 5.77. The van der Waals surface area contributed by atoms with Gasteiger partial charge in [0.05, 0.1) is 13.7 Å². The van der Waals surface area contributed by atoms with E-state index in [9.17, 15) is 0 Å². The van der Waals surface area contributed by atoms with Crippen molar-refractivity contribution in [3.05, 3.63) is 41.6 Å². The average molecular weight is 301 g/mol. The van der Waals surface area contributed by atoms with Crippen LogP contribution in [0.5, 0.6) is 5.75 Å². The molecule has 5 heteroatoms. The molecule has 0 aliphatic carbocycles. The molecular weight excluding hydrogens is 278 g/mol. The maximum absolute atomic E-state index is 5.59. The van der Waals surface area contributed by atoms with Crippen molar-refractivity contribution in [2.45, 2.75) is 38.6 Å². The Balaban J connectivity index is 1.53. The van der Waals surface area contributed by atoms with Crippen molar-refractivity contribution >= 4 is 0 Å². The molecule has 3 rings (SSSR count). The first-order valence-corrected chi connectivity index (χ1v) is 7.96. The zero-order chi connectivity index (χ0) is 15.4. The maximum atomic E-state index is 5.59. The van der Waals surface area contributed by atoms with Crippen LogP contribution in [0.2, 0.25) is 0 Å². The summed E-state index contributed by atoms with van der Waals surface area (Å²) in [6, 6.07) is 8.47. The van der Waals surface area contributed by atoms with Gasteiger partial charge in [-0.05, 0) is 49.5 Å². The Labute approximate surface area is 131 Å². The molecule has 0 atom stereocenters. The Hall–Kier alpha value is -1.88. The predicted molar refractivity (Wildman–Crippen MR) is 83.9 cm³/mol. The van der Waals surface area contributed by atoms with Crippen LogP contribution in [0.4, 0.5) is 0 Å². The topological polar surface area (TPSA) is 51.4 Å². The highest BCUT2D eigenvalue weighted by Crippen LogP contribution is 2.29. The summed E-state index contributed by atoms with van der Waals surface area (Å²) >= 11 is 0. The summed E-state index contributed by atoms with van der Waals surface area (Å²) in [6.45, 7) is 4.93. The van der Waals surface area contributed by atoms with Gasteiger partial charge in [0.1, 0.15) is 5.75 Å². The van der Waals surface area contributed by atoms with E-state index in [2.05, 4.69) is 27.2 Å². The molecule has 0 unspecified atom stereocenters. The number of hydrogen-bond donors (Lipinski definition) is 0. The zero-order valence-corrected chi connectivity index (χ0v) is 13.3. The van der Waals surface area contributed by atoms with Gasteiger partial charge in [0, 0.05) is 6.42 Å². The number of hydrogen-bond acceptors (Lipinski definition) is 5. The lowest BCUT2D eigenvalue weighted by Crippen LogP contribution is -2.32. The summed E-state index contributed by atoms with van der Waals surface area (Å²) < 4.78 is 10.8. The lowest BCUT2D eigenvalue weighted by molar-refractivity contribution is 0.186. The van der Waals surface area contributed by atoms with Crippen molar-refractivity contribution in [3.8, 4) is 5.75 Å². The lowest BCUT2D eigenvalue weighted by Gasteiger charge is -2.31. The molecule has 0 saturated carbocycles. The van der Waals surface area contributed by atoms with Gasteiger partial charge in [0.25, 0.3) is 0 Å². The molecule has 0 spiro atoms. The quantitative estimate of drug-likeness (QED) is 0.849. The Morgan fingerprint density at radius 1 is 1.14 bits per heavy atom. The number of nitrogens with zero attached hydrogens (tertiary/aromatic N) is 3. The van der Waals surface area contributed by atoms with Crippen LogP contribution in [0.1, 0.15) is 43.0 Å². The number of aryl methyl sites for hydroxylation is 1. The molecule has 1 aliphatic rings. The largest absolute Gasteiger partial charge is 0.497 e. The fourth-order valence-electron chi connectivity index (χ4n) is 2.99. The van der Waals surface area contributed by atoms with E-state index in [4.69, 9.17) is 9.15 Å². The van der Waals surface area contributed by atoms with Gasteiger partial charge in [-0.15, -0.1) is 10.2 Å². The fraction of sp³-hybridized carbons (Fsp3) is 0.529. The first-order valence-electron chi connectivity index (χ1n) is 7.96. The van der Waals surface area contributed by atoms with Crippen molar-refractivity contribution < 1.29 is 9.15 Å². The van der Waals surface area contributed by atoms with Crippen molar-refractivity contribution in [1.82, 2.24) is 15.1 Å². The normalized spacial score (nSPS) is 16.8. The van der Waals surface area contributed by atoms with Gasteiger partial charge in [-0.25, -0.2) is 0 Å². The van der Waals surface area contributed by atoms with E-state index in [0.29, 0.717) is 5.92 Å². The second kappa shape index (κ2) is 6.92. The average Bonchev–Trinajstić information content (AvgIpc) is 3.03. The summed E-state index contributed by atoms with van der Waals surface area (Å²) in [5.74, 6) is 3.02. The number of likely N-dealkylation sites (tertiary alicyclic amines) is 1. The Bertz CT molecular complexity index is 586. The number of benzene rings is 1. The van der Waals surface area contributed by atoms with Gasteiger partial charge in [0.2, 0.25) is 11.8 Å². The maximum Gasteiger partial charge on any atom is 0.230 e. The van der Waals surface area contributed by atoms with E-state index in [1.54, 1.807) is 7.11 Å². The number of rotatable bonds is 5. The molecule has 0 radical (unpaired) electrons. The van der Waals surface area contributed by atoms with Gasteiger partial charge in [-0.2, -0.15) is 0 Å². The van der Waals surface area contributed by atoms with Crippen LogP contribution in [0.25, 0.3) is 0 Å². The molecule has 0 N–H and O–H groups in total. The van der Waals surface area contributed by atoms with Gasteiger partial charge < -0.3 is 9.15 Å². The molecule has 118 valence electrons. The van der Waals surface area contributed by atoms with Crippen molar-refractivity contribution in [1.29, 1.82) is 0 Å². The lowest BCUT2D eigenvalue weighted by atomic mass is 9.89. The summed E-state index contributed by atoms with van der Waals surface area (Å²) in [7, 11) is 1.70. The molecule has 1 aromatic carbocycles. The molecule has 2 aromatic rings. The van der Waals surface area contributed by atoms with E-state index < -0.39 is 0 Å². The van der Waals surface area contributed by atoms with E-state index in [0.717, 1.165) is 43.6 Å². The first-order chi connectivity index (χ1) is 10.8. The molecule has 2 heterocycles. The third-order valence-electron chi connectivity index (χ3n) is 4.34. The smallest absolute Gasteiger partial charge is 0.230 e. The standard InChI is InChI=1S/C17H23N3O2/c1-3-16-18-19-17(22-16)12-20-10-8-14(9-11-20)13-4-6-15(21-2)7-5-13/h4-7,14H,3,8-12H2,1-2H3.